The van der Waals surface area contributed by atoms with E-state index in [9.17, 15) is 4.57 Å². The molecule has 0 heterocycles. The second-order valence-electron chi connectivity index (χ2n) is 2.67. The molecule has 1 rings (SSSR count). The van der Waals surface area contributed by atoms with Crippen LogP contribution in [0.4, 0.5) is 5.69 Å². The van der Waals surface area contributed by atoms with Crippen LogP contribution in [-0.2, 0) is 4.57 Å². The van der Waals surface area contributed by atoms with Crippen LogP contribution in [0.2, 0.25) is 5.02 Å². The highest BCUT2D eigenvalue weighted by molar-refractivity contribution is 7.60. The normalized spacial score (nSPS) is 11.4. The van der Waals surface area contributed by atoms with E-state index in [0.29, 0.717) is 10.7 Å². The van der Waals surface area contributed by atoms with E-state index in [1.165, 1.54) is 4.67 Å². The summed E-state index contributed by atoms with van der Waals surface area (Å²) in [4.78, 5) is 0. The summed E-state index contributed by atoms with van der Waals surface area (Å²) in [6.45, 7) is 0. The van der Waals surface area contributed by atoms with E-state index in [1.807, 2.05) is 0 Å². The predicted molar refractivity (Wildman–Crippen MR) is 55.8 cm³/mol. The average Bonchev–Trinajstić information content (AvgIpc) is 2.03. The highest BCUT2D eigenvalue weighted by Crippen LogP contribution is 2.35. The van der Waals surface area contributed by atoms with Crippen molar-refractivity contribution in [3.63, 3.8) is 0 Å². The molecule has 0 fully saturated rings. The number of benzene rings is 1. The van der Waals surface area contributed by atoms with Gasteiger partial charge in [-0.25, -0.2) is 0 Å². The fraction of sp³-hybridized carbons (Fsp3) is 0.143. The topological polar surface area (TPSA) is 72.3 Å². The summed E-state index contributed by atoms with van der Waals surface area (Å²) in [5, 5.41) is 0.612. The van der Waals surface area contributed by atoms with Crippen molar-refractivity contribution < 1.29 is 4.57 Å². The van der Waals surface area contributed by atoms with E-state index >= 15 is 0 Å². The van der Waals surface area contributed by atoms with Gasteiger partial charge in [0.25, 0.3) is 7.59 Å². The molecule has 0 bridgehead atoms. The van der Waals surface area contributed by atoms with Crippen LogP contribution in [0.15, 0.2) is 24.3 Å². The maximum atomic E-state index is 11.2. The molecule has 6 heteroatoms. The first kappa shape index (κ1) is 10.5. The average molecular weight is 220 g/mol. The third-order valence-corrected chi connectivity index (χ3v) is 3.09. The zero-order chi connectivity index (χ0) is 10.1. The van der Waals surface area contributed by atoms with Gasteiger partial charge in [-0.1, -0.05) is 11.6 Å². The number of anilines is 1. The van der Waals surface area contributed by atoms with Crippen molar-refractivity contribution in [1.82, 2.24) is 0 Å². The Hall–Kier alpha value is -0.540. The maximum absolute atomic E-state index is 11.2. The quantitative estimate of drug-likeness (QED) is 0.744. The molecule has 0 aliphatic rings. The molecule has 0 atom stereocenters. The van der Waals surface area contributed by atoms with Gasteiger partial charge in [0, 0.05) is 17.8 Å². The van der Waals surface area contributed by atoms with Gasteiger partial charge in [-0.15, -0.1) is 0 Å². The second-order valence-corrected chi connectivity index (χ2v) is 5.05. The van der Waals surface area contributed by atoms with Crippen molar-refractivity contribution in [2.45, 2.75) is 0 Å². The molecule has 0 aromatic heterocycles. The van der Waals surface area contributed by atoms with Gasteiger partial charge in [0.05, 0.1) is 0 Å². The van der Waals surface area contributed by atoms with Gasteiger partial charge in [0.2, 0.25) is 0 Å². The molecule has 0 spiro atoms. The fourth-order valence-electron chi connectivity index (χ4n) is 0.837. The summed E-state index contributed by atoms with van der Waals surface area (Å²) in [6, 6.07) is 6.77. The molecular formula is C7H11ClN3OP. The Kier molecular flexibility index (Phi) is 2.98. The first-order valence-electron chi connectivity index (χ1n) is 3.58. The minimum absolute atomic E-state index is 0.612. The Bertz CT molecular complexity index is 334. The molecule has 4 N–H and O–H groups in total. The molecule has 13 heavy (non-hydrogen) atoms. The lowest BCUT2D eigenvalue weighted by molar-refractivity contribution is 0.575. The van der Waals surface area contributed by atoms with Crippen molar-refractivity contribution in [2.24, 2.45) is 11.0 Å². The SMILES string of the molecule is CN(c1ccc(Cl)cc1)P(N)(N)=O. The number of hydrogen-bond acceptors (Lipinski definition) is 1. The van der Waals surface area contributed by atoms with E-state index < -0.39 is 7.59 Å². The number of hydrogen-bond donors (Lipinski definition) is 2. The van der Waals surface area contributed by atoms with Crippen LogP contribution in [0.25, 0.3) is 0 Å². The molecular weight excluding hydrogens is 209 g/mol. The van der Waals surface area contributed by atoms with E-state index in [1.54, 1.807) is 31.3 Å². The minimum atomic E-state index is -3.20. The first-order valence-corrected chi connectivity index (χ1v) is 5.76. The van der Waals surface area contributed by atoms with Gasteiger partial charge in [-0.05, 0) is 24.3 Å². The molecule has 0 unspecified atom stereocenters. The van der Waals surface area contributed by atoms with Crippen LogP contribution in [0.5, 0.6) is 0 Å². The van der Waals surface area contributed by atoms with Crippen LogP contribution in [0, 0.1) is 0 Å². The summed E-state index contributed by atoms with van der Waals surface area (Å²) in [7, 11) is -1.63. The number of nitrogens with two attached hydrogens (primary N) is 2. The number of rotatable bonds is 2. The molecule has 4 nitrogen and oxygen atoms in total. The van der Waals surface area contributed by atoms with Gasteiger partial charge in [0.15, 0.2) is 0 Å². The molecule has 72 valence electrons. The van der Waals surface area contributed by atoms with E-state index in [0.717, 1.165) is 0 Å². The largest absolute Gasteiger partial charge is 0.303 e. The van der Waals surface area contributed by atoms with Crippen molar-refractivity contribution >= 4 is 24.9 Å². The maximum Gasteiger partial charge on any atom is 0.300 e. The van der Waals surface area contributed by atoms with Crippen LogP contribution in [0.1, 0.15) is 0 Å². The van der Waals surface area contributed by atoms with Gasteiger partial charge in [0.1, 0.15) is 0 Å². The van der Waals surface area contributed by atoms with E-state index in [2.05, 4.69) is 0 Å². The minimum Gasteiger partial charge on any atom is -0.303 e. The summed E-state index contributed by atoms with van der Waals surface area (Å²) < 4.78 is 12.6. The molecule has 0 amide bonds. The lowest BCUT2D eigenvalue weighted by atomic mass is 10.3. The van der Waals surface area contributed by atoms with Crippen molar-refractivity contribution in [3.05, 3.63) is 29.3 Å². The van der Waals surface area contributed by atoms with Crippen LogP contribution in [0.3, 0.4) is 0 Å². The smallest absolute Gasteiger partial charge is 0.300 e. The lowest BCUT2D eigenvalue weighted by Gasteiger charge is -2.22. The van der Waals surface area contributed by atoms with E-state index in [4.69, 9.17) is 22.6 Å². The third kappa shape index (κ3) is 2.71. The Morgan fingerprint density at radius 1 is 1.31 bits per heavy atom. The molecule has 0 aliphatic carbocycles. The summed E-state index contributed by atoms with van der Waals surface area (Å²) in [5.74, 6) is 0. The zero-order valence-corrected chi connectivity index (χ0v) is 8.80. The fourth-order valence-corrected chi connectivity index (χ4v) is 1.46. The van der Waals surface area contributed by atoms with Crippen molar-refractivity contribution in [2.75, 3.05) is 11.7 Å². The van der Waals surface area contributed by atoms with Crippen LogP contribution < -0.4 is 15.7 Å². The first-order chi connectivity index (χ1) is 5.91. The highest BCUT2D eigenvalue weighted by atomic mass is 35.5. The number of halogens is 1. The molecule has 1 aromatic rings. The second kappa shape index (κ2) is 3.68. The van der Waals surface area contributed by atoms with Crippen molar-refractivity contribution in [3.8, 4) is 0 Å². The third-order valence-electron chi connectivity index (χ3n) is 1.67. The van der Waals surface area contributed by atoms with E-state index in [-0.39, 0.29) is 0 Å². The Balaban J connectivity index is 2.97. The molecule has 0 saturated heterocycles. The van der Waals surface area contributed by atoms with Gasteiger partial charge < -0.3 is 4.67 Å². The summed E-state index contributed by atoms with van der Waals surface area (Å²) in [6.07, 6.45) is 0. The molecule has 0 radical (unpaired) electrons. The molecule has 1 aromatic carbocycles. The van der Waals surface area contributed by atoms with Gasteiger partial charge in [-0.2, -0.15) is 0 Å². The lowest BCUT2D eigenvalue weighted by Crippen LogP contribution is -2.24. The Morgan fingerprint density at radius 2 is 1.77 bits per heavy atom. The Morgan fingerprint density at radius 3 is 2.15 bits per heavy atom. The van der Waals surface area contributed by atoms with Crippen LogP contribution >= 0.6 is 19.2 Å². The van der Waals surface area contributed by atoms with Crippen molar-refractivity contribution in [1.29, 1.82) is 0 Å². The number of nitrogens with zero attached hydrogens (tertiary/aromatic N) is 1. The Labute approximate surface area is 82.0 Å². The standard InChI is InChI=1S/C7H11ClN3OP/c1-11(13(9,10)12)7-4-2-6(8)3-5-7/h2-5H,1H3,(H4,9,10,12). The zero-order valence-electron chi connectivity index (χ0n) is 7.14. The molecule has 0 saturated carbocycles. The van der Waals surface area contributed by atoms with Gasteiger partial charge >= 0.3 is 0 Å². The highest BCUT2D eigenvalue weighted by Gasteiger charge is 2.16. The summed E-state index contributed by atoms with van der Waals surface area (Å²) >= 11 is 5.68. The van der Waals surface area contributed by atoms with Crippen LogP contribution in [-0.4, -0.2) is 7.05 Å². The summed E-state index contributed by atoms with van der Waals surface area (Å²) in [5.41, 5.74) is 11.2. The monoisotopic (exact) mass is 219 g/mol. The van der Waals surface area contributed by atoms with Gasteiger partial charge in [-0.3, -0.25) is 15.6 Å². The molecule has 0 aliphatic heterocycles. The predicted octanol–water partition coefficient (Wildman–Crippen LogP) is 1.80.